The molecular formula is C11H15N3O3. The summed E-state index contributed by atoms with van der Waals surface area (Å²) in [7, 11) is 1.62. The van der Waals surface area contributed by atoms with Gasteiger partial charge in [0.2, 0.25) is 11.7 Å². The first-order valence-electron chi connectivity index (χ1n) is 5.35. The van der Waals surface area contributed by atoms with Gasteiger partial charge in [0.05, 0.1) is 12.3 Å². The van der Waals surface area contributed by atoms with E-state index in [9.17, 15) is 0 Å². The molecule has 2 rings (SSSR count). The highest BCUT2D eigenvalue weighted by molar-refractivity contribution is 5.50. The van der Waals surface area contributed by atoms with Crippen LogP contribution in [0.5, 0.6) is 0 Å². The molecule has 2 heterocycles. The van der Waals surface area contributed by atoms with Crippen molar-refractivity contribution >= 4 is 0 Å². The fourth-order valence-electron chi connectivity index (χ4n) is 1.45. The van der Waals surface area contributed by atoms with Crippen molar-refractivity contribution in [2.45, 2.75) is 19.4 Å². The number of methoxy groups -OCH3 is 1. The van der Waals surface area contributed by atoms with Crippen molar-refractivity contribution in [3.8, 4) is 11.6 Å². The molecule has 0 aromatic carbocycles. The van der Waals surface area contributed by atoms with E-state index in [1.165, 1.54) is 0 Å². The highest BCUT2D eigenvalue weighted by Gasteiger charge is 2.18. The van der Waals surface area contributed by atoms with Crippen LogP contribution < -0.4 is 5.73 Å². The Labute approximate surface area is 98.7 Å². The van der Waals surface area contributed by atoms with Gasteiger partial charge in [-0.05, 0) is 25.0 Å². The van der Waals surface area contributed by atoms with E-state index in [0.717, 1.165) is 5.56 Å². The third-order valence-electron chi connectivity index (χ3n) is 2.46. The molecule has 92 valence electrons. The minimum Gasteiger partial charge on any atom is -0.461 e. The van der Waals surface area contributed by atoms with Crippen LogP contribution in [-0.2, 0) is 4.74 Å². The zero-order chi connectivity index (χ0) is 12.3. The van der Waals surface area contributed by atoms with Crippen LogP contribution in [0, 0.1) is 6.92 Å². The van der Waals surface area contributed by atoms with Gasteiger partial charge in [-0.2, -0.15) is 4.98 Å². The summed E-state index contributed by atoms with van der Waals surface area (Å²) < 4.78 is 15.3. The highest BCUT2D eigenvalue weighted by atomic mass is 16.5. The maximum Gasteiger partial charge on any atom is 0.244 e. The molecule has 0 aliphatic heterocycles. The maximum absolute atomic E-state index is 5.88. The van der Waals surface area contributed by atoms with Crippen LogP contribution in [0.1, 0.15) is 23.9 Å². The molecule has 0 radical (unpaired) electrons. The van der Waals surface area contributed by atoms with Crippen LogP contribution in [0.3, 0.4) is 0 Å². The molecule has 1 unspecified atom stereocenters. The smallest absolute Gasteiger partial charge is 0.244 e. The number of hydrogen-bond donors (Lipinski definition) is 1. The lowest BCUT2D eigenvalue weighted by atomic mass is 10.2. The quantitative estimate of drug-likeness (QED) is 0.851. The summed E-state index contributed by atoms with van der Waals surface area (Å²) in [6.07, 6.45) is 2.22. The summed E-state index contributed by atoms with van der Waals surface area (Å²) in [6, 6.07) is 1.53. The van der Waals surface area contributed by atoms with E-state index >= 15 is 0 Å². The van der Waals surface area contributed by atoms with Crippen molar-refractivity contribution in [3.63, 3.8) is 0 Å². The fourth-order valence-corrected chi connectivity index (χ4v) is 1.45. The van der Waals surface area contributed by atoms with Gasteiger partial charge in [-0.3, -0.25) is 0 Å². The van der Waals surface area contributed by atoms with Crippen molar-refractivity contribution in [3.05, 3.63) is 23.8 Å². The van der Waals surface area contributed by atoms with Gasteiger partial charge in [-0.15, -0.1) is 0 Å². The summed E-state index contributed by atoms with van der Waals surface area (Å²) in [5.41, 5.74) is 6.84. The van der Waals surface area contributed by atoms with Gasteiger partial charge in [0.1, 0.15) is 0 Å². The third kappa shape index (κ3) is 2.54. The molecule has 6 heteroatoms. The van der Waals surface area contributed by atoms with Gasteiger partial charge in [-0.1, -0.05) is 5.16 Å². The lowest BCUT2D eigenvalue weighted by molar-refractivity contribution is 0.182. The summed E-state index contributed by atoms with van der Waals surface area (Å²) >= 11 is 0. The predicted molar refractivity (Wildman–Crippen MR) is 60.2 cm³/mol. The number of aryl methyl sites for hydroxylation is 1. The largest absolute Gasteiger partial charge is 0.461 e. The topological polar surface area (TPSA) is 87.3 Å². The monoisotopic (exact) mass is 237 g/mol. The molecule has 0 aliphatic rings. The van der Waals surface area contributed by atoms with Gasteiger partial charge < -0.3 is 19.4 Å². The molecule has 17 heavy (non-hydrogen) atoms. The second-order valence-corrected chi connectivity index (χ2v) is 3.78. The second-order valence-electron chi connectivity index (χ2n) is 3.78. The van der Waals surface area contributed by atoms with E-state index < -0.39 is 0 Å². The first-order chi connectivity index (χ1) is 8.22. The Balaban J connectivity index is 2.13. The molecule has 0 spiro atoms. The van der Waals surface area contributed by atoms with Crippen LogP contribution in [0.4, 0.5) is 0 Å². The van der Waals surface area contributed by atoms with Gasteiger partial charge in [0.25, 0.3) is 0 Å². The zero-order valence-corrected chi connectivity index (χ0v) is 9.84. The Morgan fingerprint density at radius 2 is 2.35 bits per heavy atom. The number of nitrogens with two attached hydrogens (primary N) is 1. The number of aromatic nitrogens is 2. The fraction of sp³-hybridized carbons (Fsp3) is 0.455. The number of furan rings is 1. The zero-order valence-electron chi connectivity index (χ0n) is 9.84. The normalized spacial score (nSPS) is 12.9. The molecular weight excluding hydrogens is 222 g/mol. The summed E-state index contributed by atoms with van der Waals surface area (Å²) in [6.45, 7) is 2.47. The number of rotatable bonds is 5. The SMILES string of the molecule is COCCC(N)c1nc(-c2occc2C)no1. The Bertz CT molecular complexity index is 478. The van der Waals surface area contributed by atoms with E-state index in [1.54, 1.807) is 13.4 Å². The second kappa shape index (κ2) is 5.11. The lowest BCUT2D eigenvalue weighted by Crippen LogP contribution is -2.12. The molecule has 2 aromatic rings. The van der Waals surface area contributed by atoms with Crippen LogP contribution in [0.2, 0.25) is 0 Å². The predicted octanol–water partition coefficient (Wildman–Crippen LogP) is 1.67. The molecule has 2 aromatic heterocycles. The molecule has 0 saturated heterocycles. The van der Waals surface area contributed by atoms with E-state index in [1.807, 2.05) is 13.0 Å². The van der Waals surface area contributed by atoms with Gasteiger partial charge in [0, 0.05) is 13.7 Å². The molecule has 0 bridgehead atoms. The Hall–Kier alpha value is -1.66. The Kier molecular flexibility index (Phi) is 3.55. The summed E-state index contributed by atoms with van der Waals surface area (Å²) in [5, 5.41) is 3.85. The van der Waals surface area contributed by atoms with Crippen molar-refractivity contribution in [1.29, 1.82) is 0 Å². The van der Waals surface area contributed by atoms with Crippen molar-refractivity contribution in [2.24, 2.45) is 5.73 Å². The van der Waals surface area contributed by atoms with Gasteiger partial charge in [-0.25, -0.2) is 0 Å². The lowest BCUT2D eigenvalue weighted by Gasteiger charge is -2.03. The Morgan fingerprint density at radius 3 is 3.00 bits per heavy atom. The number of ether oxygens (including phenoxy) is 1. The minimum absolute atomic E-state index is 0.313. The van der Waals surface area contributed by atoms with Crippen LogP contribution in [-0.4, -0.2) is 23.9 Å². The summed E-state index contributed by atoms with van der Waals surface area (Å²) in [4.78, 5) is 4.21. The summed E-state index contributed by atoms with van der Waals surface area (Å²) in [5.74, 6) is 1.43. The van der Waals surface area contributed by atoms with Crippen molar-refractivity contribution in [1.82, 2.24) is 10.1 Å². The number of hydrogen-bond acceptors (Lipinski definition) is 6. The van der Waals surface area contributed by atoms with Crippen LogP contribution in [0.25, 0.3) is 11.6 Å². The van der Waals surface area contributed by atoms with Gasteiger partial charge in [0.15, 0.2) is 5.76 Å². The molecule has 2 N–H and O–H groups in total. The van der Waals surface area contributed by atoms with E-state index in [-0.39, 0.29) is 6.04 Å². The third-order valence-corrected chi connectivity index (χ3v) is 2.46. The average molecular weight is 237 g/mol. The number of nitrogens with zero attached hydrogens (tertiary/aromatic N) is 2. The first-order valence-corrected chi connectivity index (χ1v) is 5.35. The molecule has 0 fully saturated rings. The maximum atomic E-state index is 5.88. The first kappa shape index (κ1) is 11.8. The van der Waals surface area contributed by atoms with E-state index in [4.69, 9.17) is 19.4 Å². The molecule has 6 nitrogen and oxygen atoms in total. The Morgan fingerprint density at radius 1 is 1.53 bits per heavy atom. The van der Waals surface area contributed by atoms with E-state index in [0.29, 0.717) is 30.5 Å². The minimum atomic E-state index is -0.313. The molecule has 0 amide bonds. The van der Waals surface area contributed by atoms with E-state index in [2.05, 4.69) is 10.1 Å². The molecule has 0 saturated carbocycles. The van der Waals surface area contributed by atoms with Gasteiger partial charge >= 0.3 is 0 Å². The van der Waals surface area contributed by atoms with Crippen molar-refractivity contribution in [2.75, 3.05) is 13.7 Å². The average Bonchev–Trinajstić information content (AvgIpc) is 2.93. The van der Waals surface area contributed by atoms with Crippen molar-refractivity contribution < 1.29 is 13.7 Å². The molecule has 1 atom stereocenters. The molecule has 0 aliphatic carbocycles. The highest BCUT2D eigenvalue weighted by Crippen LogP contribution is 2.22. The van der Waals surface area contributed by atoms with Crippen LogP contribution in [0.15, 0.2) is 21.3 Å². The standard InChI is InChI=1S/C11H15N3O3/c1-7-3-6-16-9(7)10-13-11(17-14-10)8(12)4-5-15-2/h3,6,8H,4-5,12H2,1-2H3. The van der Waals surface area contributed by atoms with Crippen LogP contribution >= 0.6 is 0 Å².